The van der Waals surface area contributed by atoms with Gasteiger partial charge in [0.25, 0.3) is 0 Å². The Morgan fingerprint density at radius 1 is 0.750 bits per heavy atom. The van der Waals surface area contributed by atoms with Crippen LogP contribution in [0, 0.1) is 0 Å². The van der Waals surface area contributed by atoms with Crippen molar-refractivity contribution in [2.24, 2.45) is 0 Å². The van der Waals surface area contributed by atoms with Crippen molar-refractivity contribution < 1.29 is 0 Å². The minimum Gasteiger partial charge on any atom is -0.384 e. The van der Waals surface area contributed by atoms with Crippen molar-refractivity contribution >= 4 is 0 Å². The molecule has 0 radical (unpaired) electrons. The van der Waals surface area contributed by atoms with E-state index in [0.29, 0.717) is 0 Å². The zero-order chi connectivity index (χ0) is 12.1. The molecule has 1 nitrogen and oxygen atoms in total. The summed E-state index contributed by atoms with van der Waals surface area (Å²) in [7, 11) is 4.15. The average Bonchev–Trinajstić information content (AvgIpc) is 2.25. The molecular weight excluding hydrogens is 194 g/mol. The van der Waals surface area contributed by atoms with Crippen LogP contribution in [0.5, 0.6) is 0 Å². The van der Waals surface area contributed by atoms with Crippen molar-refractivity contribution in [2.75, 3.05) is 14.1 Å². The van der Waals surface area contributed by atoms with Crippen LogP contribution in [0.15, 0.2) is 12.3 Å². The van der Waals surface area contributed by atoms with Crippen molar-refractivity contribution in [1.82, 2.24) is 4.90 Å². The van der Waals surface area contributed by atoms with E-state index < -0.39 is 0 Å². The maximum Gasteiger partial charge on any atom is 0.00555 e. The highest BCUT2D eigenvalue weighted by molar-refractivity contribution is 4.78. The molecule has 0 aliphatic rings. The van der Waals surface area contributed by atoms with E-state index >= 15 is 0 Å². The van der Waals surface area contributed by atoms with Gasteiger partial charge in [-0.15, -0.1) is 0 Å². The Balaban J connectivity index is 2.99. The van der Waals surface area contributed by atoms with Gasteiger partial charge in [0.1, 0.15) is 0 Å². The molecule has 0 aliphatic carbocycles. The third-order valence-electron chi connectivity index (χ3n) is 2.88. The molecule has 0 spiro atoms. The van der Waals surface area contributed by atoms with E-state index in [1.165, 1.54) is 64.2 Å². The summed E-state index contributed by atoms with van der Waals surface area (Å²) in [6.07, 6.45) is 18.5. The molecule has 0 fully saturated rings. The standard InChI is InChI=1S/C15H31N/c1-4-5-6-7-8-9-10-11-12-13-14-15-16(2)3/h14-15H,4-13H2,1-3H3. The molecular formula is C15H31N. The van der Waals surface area contributed by atoms with Crippen molar-refractivity contribution in [2.45, 2.75) is 71.1 Å². The highest BCUT2D eigenvalue weighted by Gasteiger charge is 1.91. The second-order valence-electron chi connectivity index (χ2n) is 4.97. The molecule has 0 aromatic heterocycles. The highest BCUT2D eigenvalue weighted by atomic mass is 15.0. The molecule has 1 heteroatoms. The lowest BCUT2D eigenvalue weighted by molar-refractivity contribution is 0.553. The first kappa shape index (κ1) is 15.5. The van der Waals surface area contributed by atoms with Crippen LogP contribution in [-0.2, 0) is 0 Å². The molecule has 0 heterocycles. The molecule has 0 saturated heterocycles. The number of hydrogen-bond acceptors (Lipinski definition) is 1. The van der Waals surface area contributed by atoms with E-state index in [1.807, 2.05) is 0 Å². The summed E-state index contributed by atoms with van der Waals surface area (Å²) >= 11 is 0. The first-order chi connectivity index (χ1) is 7.77. The van der Waals surface area contributed by atoms with E-state index in [-0.39, 0.29) is 0 Å². The van der Waals surface area contributed by atoms with Crippen LogP contribution >= 0.6 is 0 Å². The number of hydrogen-bond donors (Lipinski definition) is 0. The molecule has 0 N–H and O–H groups in total. The fourth-order valence-electron chi connectivity index (χ4n) is 1.86. The van der Waals surface area contributed by atoms with Gasteiger partial charge >= 0.3 is 0 Å². The number of nitrogens with zero attached hydrogens (tertiary/aromatic N) is 1. The summed E-state index contributed by atoms with van der Waals surface area (Å²) in [4.78, 5) is 2.10. The molecule has 0 aromatic carbocycles. The van der Waals surface area contributed by atoms with Crippen LogP contribution in [0.25, 0.3) is 0 Å². The van der Waals surface area contributed by atoms with Crippen LogP contribution in [0.1, 0.15) is 71.1 Å². The largest absolute Gasteiger partial charge is 0.384 e. The van der Waals surface area contributed by atoms with Gasteiger partial charge in [-0.1, -0.05) is 64.4 Å². The summed E-state index contributed by atoms with van der Waals surface area (Å²) in [5.74, 6) is 0. The Morgan fingerprint density at radius 3 is 1.75 bits per heavy atom. The van der Waals surface area contributed by atoms with E-state index in [4.69, 9.17) is 0 Å². The van der Waals surface area contributed by atoms with Gasteiger partial charge in [-0.05, 0) is 19.0 Å². The number of rotatable bonds is 11. The number of allylic oxidation sites excluding steroid dienone is 1. The lowest BCUT2D eigenvalue weighted by atomic mass is 10.1. The second kappa shape index (κ2) is 12.6. The topological polar surface area (TPSA) is 3.24 Å². The lowest BCUT2D eigenvalue weighted by Crippen LogP contribution is -1.99. The first-order valence-corrected chi connectivity index (χ1v) is 7.10. The predicted octanol–water partition coefficient (Wildman–Crippen LogP) is 4.98. The molecule has 0 saturated carbocycles. The minimum absolute atomic E-state index is 1.24. The Labute approximate surface area is 103 Å². The van der Waals surface area contributed by atoms with Crippen molar-refractivity contribution in [3.63, 3.8) is 0 Å². The SMILES string of the molecule is CCCCCCCCCCCC=CN(C)C. The molecule has 96 valence electrons. The number of unbranched alkanes of at least 4 members (excludes halogenated alkanes) is 9. The molecule has 0 rings (SSSR count). The molecule has 16 heavy (non-hydrogen) atoms. The monoisotopic (exact) mass is 225 g/mol. The molecule has 0 aromatic rings. The average molecular weight is 225 g/mol. The van der Waals surface area contributed by atoms with Gasteiger partial charge in [0.2, 0.25) is 0 Å². The van der Waals surface area contributed by atoms with Crippen molar-refractivity contribution in [3.05, 3.63) is 12.3 Å². The van der Waals surface area contributed by atoms with Gasteiger partial charge in [0.15, 0.2) is 0 Å². The zero-order valence-electron chi connectivity index (χ0n) is 11.7. The van der Waals surface area contributed by atoms with Gasteiger partial charge in [0, 0.05) is 14.1 Å². The van der Waals surface area contributed by atoms with Crippen LogP contribution in [0.2, 0.25) is 0 Å². The Bertz CT molecular complexity index is 150. The Kier molecular flexibility index (Phi) is 12.2. The van der Waals surface area contributed by atoms with Gasteiger partial charge in [-0.25, -0.2) is 0 Å². The lowest BCUT2D eigenvalue weighted by Gasteiger charge is -2.03. The second-order valence-corrected chi connectivity index (χ2v) is 4.97. The summed E-state index contributed by atoms with van der Waals surface area (Å²) in [5.41, 5.74) is 0. The van der Waals surface area contributed by atoms with Gasteiger partial charge in [0.05, 0.1) is 0 Å². The minimum atomic E-state index is 1.24. The van der Waals surface area contributed by atoms with Crippen LogP contribution in [0.4, 0.5) is 0 Å². The van der Waals surface area contributed by atoms with Gasteiger partial charge in [-0.2, -0.15) is 0 Å². The maximum absolute atomic E-state index is 2.28. The van der Waals surface area contributed by atoms with Crippen molar-refractivity contribution in [1.29, 1.82) is 0 Å². The third kappa shape index (κ3) is 13.5. The summed E-state index contributed by atoms with van der Waals surface area (Å²) < 4.78 is 0. The summed E-state index contributed by atoms with van der Waals surface area (Å²) in [5, 5.41) is 0. The molecule has 0 amide bonds. The fraction of sp³-hybridized carbons (Fsp3) is 0.867. The van der Waals surface area contributed by atoms with Crippen LogP contribution in [0.3, 0.4) is 0 Å². The van der Waals surface area contributed by atoms with E-state index in [1.54, 1.807) is 0 Å². The molecule has 0 bridgehead atoms. The summed E-state index contributed by atoms with van der Waals surface area (Å²) in [6.45, 7) is 2.28. The fourth-order valence-corrected chi connectivity index (χ4v) is 1.86. The third-order valence-corrected chi connectivity index (χ3v) is 2.88. The molecule has 0 aliphatic heterocycles. The quantitative estimate of drug-likeness (QED) is 0.448. The zero-order valence-corrected chi connectivity index (χ0v) is 11.7. The van der Waals surface area contributed by atoms with E-state index in [9.17, 15) is 0 Å². The van der Waals surface area contributed by atoms with Crippen LogP contribution in [-0.4, -0.2) is 19.0 Å². The van der Waals surface area contributed by atoms with E-state index in [0.717, 1.165) is 0 Å². The van der Waals surface area contributed by atoms with Crippen molar-refractivity contribution in [3.8, 4) is 0 Å². The van der Waals surface area contributed by atoms with E-state index in [2.05, 4.69) is 38.2 Å². The maximum atomic E-state index is 2.28. The van der Waals surface area contributed by atoms with Gasteiger partial charge in [-0.3, -0.25) is 0 Å². The predicted molar refractivity (Wildman–Crippen MR) is 74.7 cm³/mol. The Hall–Kier alpha value is -0.460. The van der Waals surface area contributed by atoms with Crippen LogP contribution < -0.4 is 0 Å². The molecule has 0 unspecified atom stereocenters. The normalized spacial score (nSPS) is 11.2. The van der Waals surface area contributed by atoms with Gasteiger partial charge < -0.3 is 4.90 Å². The highest BCUT2D eigenvalue weighted by Crippen LogP contribution is 2.10. The Morgan fingerprint density at radius 2 is 1.25 bits per heavy atom. The summed E-state index contributed by atoms with van der Waals surface area (Å²) in [6, 6.07) is 0. The smallest absolute Gasteiger partial charge is 0.00555 e. The molecule has 0 atom stereocenters. The first-order valence-electron chi connectivity index (χ1n) is 7.10.